The van der Waals surface area contributed by atoms with Gasteiger partial charge >= 0.3 is 13.6 Å². The van der Waals surface area contributed by atoms with Gasteiger partial charge in [0.1, 0.15) is 17.8 Å². The lowest BCUT2D eigenvalue weighted by Crippen LogP contribution is -2.70. The molecule has 12 heteroatoms. The number of hydrogen-bond donors (Lipinski definition) is 4. The van der Waals surface area contributed by atoms with Crippen LogP contribution in [0.2, 0.25) is 0 Å². The van der Waals surface area contributed by atoms with E-state index in [0.717, 1.165) is 6.08 Å². The molecule has 0 unspecified atom stereocenters. The SMILES string of the molecule is C[C@@H]1C[C@H]2[C@@H]3C[C@H](F)C4=CC(=O)C=C[C@]4(C)[C@@]3(F)[C@@H](O)C[C@]2(C)[C@]1(C=[SH]CF)OC(=O)CCCCCP(=O)(O)O. The zero-order chi connectivity index (χ0) is 29.7. The number of hydrogen-bond acceptors (Lipinski definition) is 5. The number of ether oxygens (including phenoxy) is 1. The van der Waals surface area contributed by atoms with E-state index in [4.69, 9.17) is 14.5 Å². The van der Waals surface area contributed by atoms with Crippen LogP contribution in [0.25, 0.3) is 0 Å². The molecule has 3 N–H and O–H groups in total. The number of esters is 1. The van der Waals surface area contributed by atoms with E-state index >= 15 is 8.78 Å². The van der Waals surface area contributed by atoms with Gasteiger partial charge in [-0.25, -0.2) is 13.2 Å². The molecule has 3 fully saturated rings. The maximum absolute atomic E-state index is 17.4. The molecule has 3 saturated carbocycles. The second kappa shape index (κ2) is 11.1. The Morgan fingerprint density at radius 3 is 2.58 bits per heavy atom. The van der Waals surface area contributed by atoms with Gasteiger partial charge in [0.15, 0.2) is 11.5 Å². The maximum Gasteiger partial charge on any atom is 0.325 e. The number of aliphatic hydroxyl groups excluding tert-OH is 1. The highest BCUT2D eigenvalue weighted by atomic mass is 32.1. The van der Waals surface area contributed by atoms with Crippen molar-refractivity contribution < 1.29 is 47.0 Å². The number of unbranched alkanes of at least 4 members (excludes halogenated alkanes) is 2. The van der Waals surface area contributed by atoms with Crippen molar-refractivity contribution in [1.82, 2.24) is 0 Å². The summed E-state index contributed by atoms with van der Waals surface area (Å²) in [5.74, 6) is -2.81. The average molecular weight is 609 g/mol. The number of rotatable bonds is 9. The fourth-order valence-corrected chi connectivity index (χ4v) is 9.83. The van der Waals surface area contributed by atoms with E-state index in [0.29, 0.717) is 19.3 Å². The Morgan fingerprint density at radius 2 is 1.93 bits per heavy atom. The van der Waals surface area contributed by atoms with E-state index in [1.807, 2.05) is 13.8 Å². The highest BCUT2D eigenvalue weighted by Crippen LogP contribution is 2.71. The minimum absolute atomic E-state index is 0.0205. The van der Waals surface area contributed by atoms with Crippen molar-refractivity contribution in [1.29, 1.82) is 0 Å². The highest BCUT2D eigenvalue weighted by molar-refractivity contribution is 7.97. The number of thiol groups is 1. The molecule has 226 valence electrons. The highest BCUT2D eigenvalue weighted by Gasteiger charge is 2.76. The number of halogens is 3. The minimum atomic E-state index is -4.12. The first-order valence-electron chi connectivity index (χ1n) is 13.9. The van der Waals surface area contributed by atoms with E-state index < -0.39 is 71.6 Å². The fourth-order valence-electron chi connectivity index (χ4n) is 8.25. The third kappa shape index (κ3) is 5.01. The first-order valence-corrected chi connectivity index (χ1v) is 16.8. The number of ketones is 1. The van der Waals surface area contributed by atoms with Gasteiger partial charge in [0.2, 0.25) is 0 Å². The first kappa shape index (κ1) is 31.7. The van der Waals surface area contributed by atoms with Gasteiger partial charge in [-0.2, -0.15) is 11.4 Å². The van der Waals surface area contributed by atoms with Crippen LogP contribution in [0.15, 0.2) is 23.8 Å². The average Bonchev–Trinajstić information content (AvgIpc) is 3.06. The smallest absolute Gasteiger partial charge is 0.325 e. The van der Waals surface area contributed by atoms with Gasteiger partial charge in [0.05, 0.1) is 6.10 Å². The summed E-state index contributed by atoms with van der Waals surface area (Å²) in [7, 11) is -4.12. The molecule has 0 aromatic carbocycles. The standard InChI is InChI=1S/C28H40F3O7PS/c1-17-11-19-20-13-22(30)21-12-18(32)8-9-25(21,2)28(20,31)23(33)14-26(19,3)27(17,15-40-16-29)38-24(34)7-5-4-6-10-39(35,36)37/h8-9,12,15,17,19-20,22-23,33,40H,4-7,10-11,13-14,16H2,1-3H3,(H2,35,36,37)/t17-,19+,20+,22+,23+,25+,26+,27-,28+/m1/s1. The molecule has 4 aliphatic rings. The Bertz CT molecular complexity index is 1170. The molecule has 0 aromatic rings. The number of allylic oxidation sites excluding steroid dienone is 4. The third-order valence-electron chi connectivity index (χ3n) is 10.2. The van der Waals surface area contributed by atoms with Crippen LogP contribution in [0, 0.1) is 28.6 Å². The van der Waals surface area contributed by atoms with Crippen molar-refractivity contribution in [2.45, 2.75) is 89.3 Å². The van der Waals surface area contributed by atoms with Crippen molar-refractivity contribution in [3.8, 4) is 0 Å². The largest absolute Gasteiger partial charge is 0.453 e. The van der Waals surface area contributed by atoms with Crippen LogP contribution in [0.1, 0.15) is 65.7 Å². The van der Waals surface area contributed by atoms with Crippen LogP contribution >= 0.6 is 18.9 Å². The summed E-state index contributed by atoms with van der Waals surface area (Å²) in [6.07, 6.45) is 1.32. The van der Waals surface area contributed by atoms with Gasteiger partial charge in [-0.1, -0.05) is 26.3 Å². The molecule has 0 saturated heterocycles. The Hall–Kier alpha value is -1.26. The minimum Gasteiger partial charge on any atom is -0.453 e. The summed E-state index contributed by atoms with van der Waals surface area (Å²) < 4.78 is 63.8. The summed E-state index contributed by atoms with van der Waals surface area (Å²) in [6, 6.07) is -0.730. The lowest BCUT2D eigenvalue weighted by atomic mass is 9.44. The molecule has 0 aliphatic heterocycles. The molecular weight excluding hydrogens is 568 g/mol. The van der Waals surface area contributed by atoms with Crippen LogP contribution in [0.5, 0.6) is 0 Å². The van der Waals surface area contributed by atoms with Gasteiger partial charge in [-0.05, 0) is 68.0 Å². The molecule has 4 rings (SSSR count). The van der Waals surface area contributed by atoms with Crippen LogP contribution in [0.4, 0.5) is 13.2 Å². The van der Waals surface area contributed by atoms with Crippen molar-refractivity contribution >= 4 is 36.1 Å². The van der Waals surface area contributed by atoms with Crippen molar-refractivity contribution in [3.63, 3.8) is 0 Å². The molecule has 0 heterocycles. The summed E-state index contributed by atoms with van der Waals surface area (Å²) in [6.45, 7) is 5.18. The van der Waals surface area contributed by atoms with Crippen LogP contribution in [-0.4, -0.2) is 67.7 Å². The summed E-state index contributed by atoms with van der Waals surface area (Å²) in [5.41, 5.74) is -6.11. The Labute approximate surface area is 236 Å². The number of carbonyl (C=O) groups is 2. The zero-order valence-corrected chi connectivity index (χ0v) is 24.9. The van der Waals surface area contributed by atoms with Crippen molar-refractivity contribution in [3.05, 3.63) is 23.8 Å². The molecule has 0 bridgehead atoms. The van der Waals surface area contributed by atoms with Crippen LogP contribution in [0.3, 0.4) is 0 Å². The predicted octanol–water partition coefficient (Wildman–Crippen LogP) is 4.77. The van der Waals surface area contributed by atoms with E-state index in [1.165, 1.54) is 19.1 Å². The normalized spacial score (nSPS) is 43.0. The second-order valence-electron chi connectivity index (χ2n) is 12.4. The lowest BCUT2D eigenvalue weighted by Gasteiger charge is -2.63. The summed E-state index contributed by atoms with van der Waals surface area (Å²) >= 11 is 0.259. The zero-order valence-electron chi connectivity index (χ0n) is 23.1. The summed E-state index contributed by atoms with van der Waals surface area (Å²) in [4.78, 5) is 43.2. The topological polar surface area (TPSA) is 121 Å². The van der Waals surface area contributed by atoms with Gasteiger partial charge in [0, 0.05) is 35.2 Å². The van der Waals surface area contributed by atoms with E-state index in [1.54, 1.807) is 5.37 Å². The number of aliphatic hydroxyl groups is 1. The molecule has 0 amide bonds. The molecule has 40 heavy (non-hydrogen) atoms. The predicted molar refractivity (Wildman–Crippen MR) is 148 cm³/mol. The Morgan fingerprint density at radius 1 is 1.23 bits per heavy atom. The molecule has 0 spiro atoms. The van der Waals surface area contributed by atoms with E-state index in [-0.39, 0.29) is 54.7 Å². The van der Waals surface area contributed by atoms with Gasteiger partial charge in [0.25, 0.3) is 0 Å². The quantitative estimate of drug-likeness (QED) is 0.0979. The molecule has 0 radical (unpaired) electrons. The van der Waals surface area contributed by atoms with Crippen molar-refractivity contribution in [2.75, 3.05) is 12.2 Å². The Balaban J connectivity index is 1.65. The number of fused-ring (bicyclic) bond motifs is 5. The van der Waals surface area contributed by atoms with Crippen LogP contribution in [-0.2, 0) is 18.9 Å². The fraction of sp³-hybridized carbons (Fsp3) is 0.750. The molecule has 9 atom stereocenters. The number of alkyl halides is 3. The number of carbonyl (C=O) groups excluding carboxylic acids is 2. The van der Waals surface area contributed by atoms with E-state index in [2.05, 4.69) is 0 Å². The lowest BCUT2D eigenvalue weighted by molar-refractivity contribution is -0.220. The second-order valence-corrected chi connectivity index (χ2v) is 15.0. The molecule has 4 aliphatic carbocycles. The van der Waals surface area contributed by atoms with Gasteiger partial charge < -0.3 is 19.6 Å². The van der Waals surface area contributed by atoms with Gasteiger partial charge in [-0.15, -0.1) is 0 Å². The van der Waals surface area contributed by atoms with Gasteiger partial charge in [-0.3, -0.25) is 14.2 Å². The molecule has 7 nitrogen and oxygen atoms in total. The Kier molecular flexibility index (Phi) is 8.79. The van der Waals surface area contributed by atoms with Crippen molar-refractivity contribution in [2.24, 2.45) is 28.6 Å². The third-order valence-corrected chi connectivity index (χ3v) is 11.8. The van der Waals surface area contributed by atoms with Crippen LogP contribution < -0.4 is 0 Å². The molecule has 0 aromatic heterocycles. The first-order chi connectivity index (χ1) is 18.6. The summed E-state index contributed by atoms with van der Waals surface area (Å²) in [5, 5.41) is 13.1. The maximum atomic E-state index is 17.4. The van der Waals surface area contributed by atoms with E-state index in [9.17, 15) is 23.7 Å². The monoisotopic (exact) mass is 608 g/mol. The molecular formula is C28H40F3O7PS.